The van der Waals surface area contributed by atoms with Crippen LogP contribution in [0.1, 0.15) is 28.9 Å². The Balaban J connectivity index is 2.06. The highest BCUT2D eigenvalue weighted by Gasteiger charge is 2.12. The third kappa shape index (κ3) is 3.20. The van der Waals surface area contributed by atoms with E-state index in [1.165, 1.54) is 24.3 Å². The summed E-state index contributed by atoms with van der Waals surface area (Å²) in [5, 5.41) is 13.4. The lowest BCUT2D eigenvalue weighted by Gasteiger charge is -2.14. The molecule has 102 valence electrons. The van der Waals surface area contributed by atoms with Crippen molar-refractivity contribution < 1.29 is 9.72 Å². The van der Waals surface area contributed by atoms with E-state index in [2.05, 4.69) is 5.32 Å². The van der Waals surface area contributed by atoms with Gasteiger partial charge in [0.05, 0.1) is 11.0 Å². The van der Waals surface area contributed by atoms with Gasteiger partial charge in [0.25, 0.3) is 11.6 Å². The van der Waals surface area contributed by atoms with Crippen LogP contribution in [0.4, 0.5) is 5.69 Å². The zero-order valence-electron chi connectivity index (χ0n) is 10.9. The number of non-ortho nitro benzene ring substituents is 1. The molecule has 0 saturated heterocycles. The lowest BCUT2D eigenvalue weighted by atomic mass is 10.1. The number of carbonyl (C=O) groups is 1. The minimum absolute atomic E-state index is 0.0299. The minimum Gasteiger partial charge on any atom is -0.346 e. The molecule has 2 aromatic rings. The van der Waals surface area contributed by atoms with Gasteiger partial charge >= 0.3 is 0 Å². The van der Waals surface area contributed by atoms with E-state index in [9.17, 15) is 14.9 Å². The van der Waals surface area contributed by atoms with Crippen LogP contribution in [0.5, 0.6) is 0 Å². The number of nitro benzene ring substituents is 1. The van der Waals surface area contributed by atoms with E-state index in [4.69, 9.17) is 0 Å². The molecule has 20 heavy (non-hydrogen) atoms. The maximum atomic E-state index is 12.0. The molecule has 0 heterocycles. The Morgan fingerprint density at radius 2 is 1.70 bits per heavy atom. The Morgan fingerprint density at radius 3 is 2.25 bits per heavy atom. The number of nitrogens with one attached hydrogen (secondary N) is 1. The second kappa shape index (κ2) is 5.97. The molecule has 0 saturated carbocycles. The molecule has 0 aromatic heterocycles. The minimum atomic E-state index is -0.492. The van der Waals surface area contributed by atoms with Gasteiger partial charge in [-0.15, -0.1) is 0 Å². The first kappa shape index (κ1) is 13.7. The van der Waals surface area contributed by atoms with Crippen LogP contribution in [-0.2, 0) is 0 Å². The van der Waals surface area contributed by atoms with Crippen molar-refractivity contribution in [2.45, 2.75) is 13.0 Å². The molecule has 1 amide bonds. The number of carbonyl (C=O) groups excluding carboxylic acids is 1. The predicted octanol–water partition coefficient (Wildman–Crippen LogP) is 3.09. The van der Waals surface area contributed by atoms with E-state index in [-0.39, 0.29) is 17.6 Å². The molecule has 1 N–H and O–H groups in total. The van der Waals surface area contributed by atoms with Gasteiger partial charge in [0.15, 0.2) is 0 Å². The highest BCUT2D eigenvalue weighted by Crippen LogP contribution is 2.15. The van der Waals surface area contributed by atoms with Gasteiger partial charge in [-0.05, 0) is 24.6 Å². The van der Waals surface area contributed by atoms with Crippen LogP contribution < -0.4 is 5.32 Å². The van der Waals surface area contributed by atoms with Crippen molar-refractivity contribution in [2.24, 2.45) is 0 Å². The van der Waals surface area contributed by atoms with Crippen molar-refractivity contribution in [3.05, 3.63) is 75.8 Å². The second-order valence-electron chi connectivity index (χ2n) is 4.41. The number of benzene rings is 2. The molecule has 2 aromatic carbocycles. The van der Waals surface area contributed by atoms with Crippen molar-refractivity contribution >= 4 is 11.6 Å². The van der Waals surface area contributed by atoms with Crippen LogP contribution in [0.2, 0.25) is 0 Å². The summed E-state index contributed by atoms with van der Waals surface area (Å²) in [4.78, 5) is 22.1. The smallest absolute Gasteiger partial charge is 0.269 e. The first-order valence-electron chi connectivity index (χ1n) is 6.18. The van der Waals surface area contributed by atoms with Gasteiger partial charge in [-0.2, -0.15) is 0 Å². The Kier molecular flexibility index (Phi) is 4.10. The zero-order valence-corrected chi connectivity index (χ0v) is 10.9. The predicted molar refractivity (Wildman–Crippen MR) is 75.4 cm³/mol. The Hall–Kier alpha value is -2.69. The Morgan fingerprint density at radius 1 is 1.10 bits per heavy atom. The summed E-state index contributed by atoms with van der Waals surface area (Å²) in [6.45, 7) is 1.89. The molecule has 0 fully saturated rings. The quantitative estimate of drug-likeness (QED) is 0.685. The lowest BCUT2D eigenvalue weighted by molar-refractivity contribution is -0.384. The van der Waals surface area contributed by atoms with E-state index in [1.54, 1.807) is 0 Å². The summed E-state index contributed by atoms with van der Waals surface area (Å²) in [7, 11) is 0. The molecule has 5 heteroatoms. The second-order valence-corrected chi connectivity index (χ2v) is 4.41. The molecular weight excluding hydrogens is 256 g/mol. The number of nitro groups is 1. The normalized spacial score (nSPS) is 11.7. The Labute approximate surface area is 116 Å². The summed E-state index contributed by atoms with van der Waals surface area (Å²) in [5.41, 5.74) is 1.37. The van der Waals surface area contributed by atoms with Crippen LogP contribution in [0, 0.1) is 10.1 Å². The number of nitrogens with zero attached hydrogens (tertiary/aromatic N) is 1. The molecule has 0 aliphatic heterocycles. The summed E-state index contributed by atoms with van der Waals surface area (Å²) < 4.78 is 0. The van der Waals surface area contributed by atoms with Crippen molar-refractivity contribution in [2.75, 3.05) is 0 Å². The monoisotopic (exact) mass is 270 g/mol. The fraction of sp³-hybridized carbons (Fsp3) is 0.133. The first-order chi connectivity index (χ1) is 9.58. The molecular formula is C15H14N2O3. The van der Waals surface area contributed by atoms with Crippen LogP contribution in [0.3, 0.4) is 0 Å². The van der Waals surface area contributed by atoms with Crippen LogP contribution >= 0.6 is 0 Å². The van der Waals surface area contributed by atoms with Gasteiger partial charge in [-0.1, -0.05) is 30.3 Å². The van der Waals surface area contributed by atoms with Gasteiger partial charge < -0.3 is 5.32 Å². The van der Waals surface area contributed by atoms with E-state index in [0.717, 1.165) is 5.56 Å². The van der Waals surface area contributed by atoms with E-state index >= 15 is 0 Å². The summed E-state index contributed by atoms with van der Waals surface area (Å²) in [6, 6.07) is 15.0. The van der Waals surface area contributed by atoms with Crippen LogP contribution in [0.25, 0.3) is 0 Å². The van der Waals surface area contributed by atoms with Gasteiger partial charge in [-0.3, -0.25) is 14.9 Å². The topological polar surface area (TPSA) is 72.2 Å². The maximum Gasteiger partial charge on any atom is 0.269 e. The van der Waals surface area contributed by atoms with Gasteiger partial charge in [0, 0.05) is 17.7 Å². The summed E-state index contributed by atoms with van der Waals surface area (Å²) in [6.07, 6.45) is 0. The summed E-state index contributed by atoms with van der Waals surface area (Å²) >= 11 is 0. The standard InChI is InChI=1S/C15H14N2O3/c1-11(12-5-3-2-4-6-12)16-15(18)13-7-9-14(10-8-13)17(19)20/h2-11H,1H3,(H,16,18)/t11-/m0/s1. The van der Waals surface area contributed by atoms with Gasteiger partial charge in [-0.25, -0.2) is 0 Å². The maximum absolute atomic E-state index is 12.0. The highest BCUT2D eigenvalue weighted by molar-refractivity contribution is 5.94. The molecule has 0 aliphatic rings. The van der Waals surface area contributed by atoms with Gasteiger partial charge in [0.1, 0.15) is 0 Å². The number of hydrogen-bond donors (Lipinski definition) is 1. The third-order valence-corrected chi connectivity index (χ3v) is 2.99. The van der Waals surface area contributed by atoms with Crippen molar-refractivity contribution in [1.29, 1.82) is 0 Å². The van der Waals surface area contributed by atoms with E-state index in [1.807, 2.05) is 37.3 Å². The van der Waals surface area contributed by atoms with Crippen molar-refractivity contribution in [1.82, 2.24) is 5.32 Å². The van der Waals surface area contributed by atoms with E-state index in [0.29, 0.717) is 5.56 Å². The third-order valence-electron chi connectivity index (χ3n) is 2.99. The fourth-order valence-electron chi connectivity index (χ4n) is 1.84. The highest BCUT2D eigenvalue weighted by atomic mass is 16.6. The number of rotatable bonds is 4. The molecule has 1 atom stereocenters. The SMILES string of the molecule is C[C@H](NC(=O)c1ccc([N+](=O)[O-])cc1)c1ccccc1. The Bertz CT molecular complexity index is 609. The molecule has 5 nitrogen and oxygen atoms in total. The molecule has 0 aliphatic carbocycles. The van der Waals surface area contributed by atoms with Crippen molar-refractivity contribution in [3.8, 4) is 0 Å². The number of hydrogen-bond acceptors (Lipinski definition) is 3. The molecule has 0 radical (unpaired) electrons. The van der Waals surface area contributed by atoms with Crippen molar-refractivity contribution in [3.63, 3.8) is 0 Å². The summed E-state index contributed by atoms with van der Waals surface area (Å²) in [5.74, 6) is -0.253. The zero-order chi connectivity index (χ0) is 14.5. The molecule has 0 spiro atoms. The largest absolute Gasteiger partial charge is 0.346 e. The van der Waals surface area contributed by atoms with Gasteiger partial charge in [0.2, 0.25) is 0 Å². The molecule has 0 bridgehead atoms. The average molecular weight is 270 g/mol. The molecule has 2 rings (SSSR count). The van der Waals surface area contributed by atoms with Crippen LogP contribution in [-0.4, -0.2) is 10.8 Å². The average Bonchev–Trinajstić information content (AvgIpc) is 2.48. The fourth-order valence-corrected chi connectivity index (χ4v) is 1.84. The lowest BCUT2D eigenvalue weighted by Crippen LogP contribution is -2.26. The molecule has 0 unspecified atom stereocenters. The number of amides is 1. The van der Waals surface area contributed by atoms with Crippen LogP contribution in [0.15, 0.2) is 54.6 Å². The first-order valence-corrected chi connectivity index (χ1v) is 6.18. The van der Waals surface area contributed by atoms with E-state index < -0.39 is 4.92 Å².